The monoisotopic (exact) mass is 420 g/mol. The van der Waals surface area contributed by atoms with Crippen molar-refractivity contribution in [2.24, 2.45) is 5.92 Å². The van der Waals surface area contributed by atoms with Crippen LogP contribution in [0.1, 0.15) is 38.7 Å². The molecule has 1 N–H and O–H groups in total. The van der Waals surface area contributed by atoms with Gasteiger partial charge >= 0.3 is 0 Å². The highest BCUT2D eigenvalue weighted by molar-refractivity contribution is 5.88. The molecule has 5 nitrogen and oxygen atoms in total. The van der Waals surface area contributed by atoms with Crippen LogP contribution >= 0.6 is 0 Å². The first kappa shape index (κ1) is 21.6. The van der Waals surface area contributed by atoms with E-state index in [0.717, 1.165) is 36.0 Å². The van der Waals surface area contributed by atoms with Gasteiger partial charge in [0.25, 0.3) is 5.91 Å². The molecule has 2 aromatic carbocycles. The van der Waals surface area contributed by atoms with Crippen molar-refractivity contribution in [2.45, 2.75) is 51.2 Å². The highest BCUT2D eigenvalue weighted by atomic mass is 16.5. The van der Waals surface area contributed by atoms with Crippen molar-refractivity contribution in [1.29, 1.82) is 0 Å². The second kappa shape index (κ2) is 9.23. The minimum Gasteiger partial charge on any atom is -0.361 e. The van der Waals surface area contributed by atoms with Crippen LogP contribution in [0.4, 0.5) is 0 Å². The van der Waals surface area contributed by atoms with Crippen molar-refractivity contribution in [1.82, 2.24) is 10.2 Å². The lowest BCUT2D eigenvalue weighted by Gasteiger charge is -2.44. The molecule has 1 atom stereocenters. The fraction of sp³-hybridized carbons (Fsp3) is 0.462. The first-order chi connectivity index (χ1) is 15.0. The zero-order chi connectivity index (χ0) is 21.8. The van der Waals surface area contributed by atoms with Gasteiger partial charge in [-0.2, -0.15) is 0 Å². The average Bonchev–Trinajstić information content (AvgIpc) is 2.73. The van der Waals surface area contributed by atoms with Crippen molar-refractivity contribution in [3.05, 3.63) is 60.2 Å². The van der Waals surface area contributed by atoms with Gasteiger partial charge in [0.1, 0.15) is 0 Å². The van der Waals surface area contributed by atoms with Gasteiger partial charge in [0.15, 0.2) is 5.60 Å². The van der Waals surface area contributed by atoms with Crippen LogP contribution < -0.4 is 5.32 Å². The van der Waals surface area contributed by atoms with E-state index < -0.39 is 5.60 Å². The summed E-state index contributed by atoms with van der Waals surface area (Å²) in [6, 6.07) is 18.3. The maximum atomic E-state index is 13.4. The molecule has 2 aliphatic rings. The van der Waals surface area contributed by atoms with Crippen LogP contribution in [0.5, 0.6) is 0 Å². The Morgan fingerprint density at radius 1 is 1.10 bits per heavy atom. The SMILES string of the molecule is CC(C)NC(=O)C1(Cc2ccccc2-c2ccccc2)CN(C(=O)C2CCC2)CCO1. The molecule has 0 spiro atoms. The summed E-state index contributed by atoms with van der Waals surface area (Å²) < 4.78 is 6.23. The van der Waals surface area contributed by atoms with Crippen molar-refractivity contribution in [3.63, 3.8) is 0 Å². The summed E-state index contributed by atoms with van der Waals surface area (Å²) in [6.07, 6.45) is 3.45. The molecule has 0 radical (unpaired) electrons. The quantitative estimate of drug-likeness (QED) is 0.773. The molecule has 0 aromatic heterocycles. The second-order valence-corrected chi connectivity index (χ2v) is 9.06. The molecule has 2 aromatic rings. The lowest BCUT2D eigenvalue weighted by Crippen LogP contribution is -2.63. The number of morpholine rings is 1. The van der Waals surface area contributed by atoms with Gasteiger partial charge in [0.05, 0.1) is 13.2 Å². The Bertz CT molecular complexity index is 923. The van der Waals surface area contributed by atoms with Gasteiger partial charge in [-0.1, -0.05) is 61.0 Å². The fourth-order valence-electron chi connectivity index (χ4n) is 4.49. The van der Waals surface area contributed by atoms with Gasteiger partial charge < -0.3 is 15.0 Å². The Labute approximate surface area is 184 Å². The Morgan fingerprint density at radius 2 is 1.81 bits per heavy atom. The normalized spacial score (nSPS) is 21.6. The summed E-state index contributed by atoms with van der Waals surface area (Å²) in [5.74, 6) is 0.143. The highest BCUT2D eigenvalue weighted by Crippen LogP contribution is 2.33. The first-order valence-electron chi connectivity index (χ1n) is 11.4. The molecule has 1 saturated heterocycles. The summed E-state index contributed by atoms with van der Waals surface area (Å²) in [6.45, 7) is 5.11. The number of nitrogens with zero attached hydrogens (tertiary/aromatic N) is 1. The van der Waals surface area contributed by atoms with Crippen molar-refractivity contribution >= 4 is 11.8 Å². The number of nitrogens with one attached hydrogen (secondary N) is 1. The van der Waals surface area contributed by atoms with Gasteiger partial charge in [-0.3, -0.25) is 9.59 Å². The minimum absolute atomic E-state index is 0.00458. The average molecular weight is 421 g/mol. The van der Waals surface area contributed by atoms with Crippen LogP contribution in [-0.2, 0) is 20.7 Å². The third kappa shape index (κ3) is 4.67. The fourth-order valence-corrected chi connectivity index (χ4v) is 4.49. The Hall–Kier alpha value is -2.66. The van der Waals surface area contributed by atoms with E-state index in [9.17, 15) is 9.59 Å². The summed E-state index contributed by atoms with van der Waals surface area (Å²) in [7, 11) is 0. The third-order valence-electron chi connectivity index (χ3n) is 6.36. The zero-order valence-electron chi connectivity index (χ0n) is 18.5. The molecule has 31 heavy (non-hydrogen) atoms. The van der Waals surface area contributed by atoms with E-state index in [1.54, 1.807) is 0 Å². The van der Waals surface area contributed by atoms with Crippen LogP contribution in [0.2, 0.25) is 0 Å². The number of rotatable bonds is 6. The largest absolute Gasteiger partial charge is 0.361 e. The molecule has 1 unspecified atom stereocenters. The molecule has 1 aliphatic heterocycles. The molecule has 164 valence electrons. The number of benzene rings is 2. The third-order valence-corrected chi connectivity index (χ3v) is 6.36. The maximum absolute atomic E-state index is 13.4. The predicted molar refractivity (Wildman–Crippen MR) is 121 cm³/mol. The van der Waals surface area contributed by atoms with Crippen LogP contribution in [-0.4, -0.2) is 48.1 Å². The van der Waals surface area contributed by atoms with Gasteiger partial charge in [0, 0.05) is 24.9 Å². The van der Waals surface area contributed by atoms with Crippen LogP contribution in [0.15, 0.2) is 54.6 Å². The van der Waals surface area contributed by atoms with E-state index in [-0.39, 0.29) is 23.8 Å². The number of amides is 2. The lowest BCUT2D eigenvalue weighted by molar-refractivity contribution is -0.169. The summed E-state index contributed by atoms with van der Waals surface area (Å²) >= 11 is 0. The number of ether oxygens (including phenoxy) is 1. The van der Waals surface area contributed by atoms with Crippen LogP contribution in [0.3, 0.4) is 0 Å². The smallest absolute Gasteiger partial charge is 0.254 e. The van der Waals surface area contributed by atoms with E-state index in [4.69, 9.17) is 4.74 Å². The summed E-state index contributed by atoms with van der Waals surface area (Å²) in [5.41, 5.74) is 2.15. The van der Waals surface area contributed by atoms with Gasteiger partial charge in [-0.05, 0) is 43.4 Å². The first-order valence-corrected chi connectivity index (χ1v) is 11.4. The summed E-state index contributed by atoms with van der Waals surface area (Å²) in [4.78, 5) is 28.3. The van der Waals surface area contributed by atoms with Gasteiger partial charge in [-0.25, -0.2) is 0 Å². The van der Waals surface area contributed by atoms with Crippen LogP contribution in [0.25, 0.3) is 11.1 Å². The number of hydrogen-bond acceptors (Lipinski definition) is 3. The standard InChI is InChI=1S/C26H32N2O3/c1-19(2)27-25(30)26(18-28(15-16-31-26)24(29)21-12-8-13-21)17-22-11-6-7-14-23(22)20-9-4-3-5-10-20/h3-7,9-11,14,19,21H,8,12-13,15-18H2,1-2H3,(H,27,30). The highest BCUT2D eigenvalue weighted by Gasteiger charge is 2.46. The lowest BCUT2D eigenvalue weighted by atomic mass is 9.83. The molecule has 1 heterocycles. The molecular formula is C26H32N2O3. The molecule has 1 aliphatic carbocycles. The van der Waals surface area contributed by atoms with Gasteiger partial charge in [0.2, 0.25) is 5.91 Å². The van der Waals surface area contributed by atoms with Crippen LogP contribution in [0, 0.1) is 5.92 Å². The number of carbonyl (C=O) groups excluding carboxylic acids is 2. The van der Waals surface area contributed by atoms with E-state index in [1.807, 2.05) is 49.1 Å². The Morgan fingerprint density at radius 3 is 2.48 bits per heavy atom. The topological polar surface area (TPSA) is 58.6 Å². The molecule has 1 saturated carbocycles. The van der Waals surface area contributed by atoms with E-state index in [0.29, 0.717) is 26.1 Å². The van der Waals surface area contributed by atoms with Crippen molar-refractivity contribution in [2.75, 3.05) is 19.7 Å². The number of hydrogen-bond donors (Lipinski definition) is 1. The Kier molecular flexibility index (Phi) is 6.42. The second-order valence-electron chi connectivity index (χ2n) is 9.06. The van der Waals surface area contributed by atoms with Crippen molar-refractivity contribution < 1.29 is 14.3 Å². The molecule has 2 fully saturated rings. The zero-order valence-corrected chi connectivity index (χ0v) is 18.5. The molecule has 2 amide bonds. The van der Waals surface area contributed by atoms with Crippen molar-refractivity contribution in [3.8, 4) is 11.1 Å². The molecule has 0 bridgehead atoms. The number of carbonyl (C=O) groups is 2. The van der Waals surface area contributed by atoms with E-state index >= 15 is 0 Å². The molecule has 4 rings (SSSR count). The minimum atomic E-state index is -1.09. The summed E-state index contributed by atoms with van der Waals surface area (Å²) in [5, 5.41) is 3.05. The molecule has 5 heteroatoms. The van der Waals surface area contributed by atoms with E-state index in [1.165, 1.54) is 0 Å². The maximum Gasteiger partial charge on any atom is 0.254 e. The van der Waals surface area contributed by atoms with E-state index in [2.05, 4.69) is 29.6 Å². The predicted octanol–water partition coefficient (Wildman–Crippen LogP) is 3.82. The Balaban J connectivity index is 1.66. The molecular weight excluding hydrogens is 388 g/mol. The van der Waals surface area contributed by atoms with Gasteiger partial charge in [-0.15, -0.1) is 0 Å².